The van der Waals surface area contributed by atoms with Gasteiger partial charge in [-0.25, -0.2) is 4.39 Å². The lowest BCUT2D eigenvalue weighted by molar-refractivity contribution is -0.123. The SMILES string of the molecule is O=C1/C(=C/c2ccc(-c3ccc(F)cc3)o2)SC(=S)N1C1CCCCCCC1. The Bertz CT molecular complexity index is 896. The molecule has 4 rings (SSSR count). The number of rotatable bonds is 3. The molecule has 2 heterocycles. The van der Waals surface area contributed by atoms with Gasteiger partial charge in [-0.1, -0.05) is 56.1 Å². The van der Waals surface area contributed by atoms with E-state index in [1.165, 1.54) is 43.2 Å². The number of furan rings is 1. The van der Waals surface area contributed by atoms with Gasteiger partial charge in [0.2, 0.25) is 0 Å². The van der Waals surface area contributed by atoms with Crippen LogP contribution in [0.3, 0.4) is 0 Å². The molecule has 2 fully saturated rings. The molecule has 0 bridgehead atoms. The Morgan fingerprint density at radius 1 is 1.04 bits per heavy atom. The molecule has 1 saturated heterocycles. The fraction of sp³-hybridized carbons (Fsp3) is 0.364. The summed E-state index contributed by atoms with van der Waals surface area (Å²) in [4.78, 5) is 15.4. The van der Waals surface area contributed by atoms with Gasteiger partial charge in [-0.2, -0.15) is 0 Å². The van der Waals surface area contributed by atoms with Crippen molar-refractivity contribution < 1.29 is 13.6 Å². The topological polar surface area (TPSA) is 33.5 Å². The van der Waals surface area contributed by atoms with Crippen LogP contribution in [-0.4, -0.2) is 21.2 Å². The standard InChI is InChI=1S/C22H22FNO2S2/c23-16-10-8-15(9-11-16)19-13-12-18(26-19)14-20-21(25)24(22(27)28-20)17-6-4-2-1-3-5-7-17/h8-14,17H,1-7H2/b20-14-. The van der Waals surface area contributed by atoms with E-state index in [0.717, 1.165) is 31.2 Å². The highest BCUT2D eigenvalue weighted by molar-refractivity contribution is 8.26. The molecular weight excluding hydrogens is 393 g/mol. The fourth-order valence-corrected chi connectivity index (χ4v) is 5.20. The zero-order valence-electron chi connectivity index (χ0n) is 15.5. The van der Waals surface area contributed by atoms with E-state index in [9.17, 15) is 9.18 Å². The van der Waals surface area contributed by atoms with E-state index in [0.29, 0.717) is 20.7 Å². The highest BCUT2D eigenvalue weighted by atomic mass is 32.2. The molecule has 1 aromatic carbocycles. The summed E-state index contributed by atoms with van der Waals surface area (Å²) in [7, 11) is 0. The second-order valence-electron chi connectivity index (χ2n) is 7.26. The van der Waals surface area contributed by atoms with Crippen molar-refractivity contribution in [2.75, 3.05) is 0 Å². The summed E-state index contributed by atoms with van der Waals surface area (Å²) in [6.45, 7) is 0. The normalized spacial score (nSPS) is 20.6. The molecule has 1 saturated carbocycles. The number of carbonyl (C=O) groups excluding carboxylic acids is 1. The average molecular weight is 416 g/mol. The summed E-state index contributed by atoms with van der Waals surface area (Å²) in [5.41, 5.74) is 0.795. The summed E-state index contributed by atoms with van der Waals surface area (Å²) in [5, 5.41) is 0. The predicted octanol–water partition coefficient (Wildman–Crippen LogP) is 6.40. The van der Waals surface area contributed by atoms with Gasteiger partial charge in [-0.05, 0) is 49.2 Å². The molecule has 0 radical (unpaired) electrons. The first kappa shape index (κ1) is 19.4. The van der Waals surface area contributed by atoms with Gasteiger partial charge in [-0.15, -0.1) is 0 Å². The lowest BCUT2D eigenvalue weighted by Gasteiger charge is -2.28. The maximum atomic E-state index is 13.1. The second-order valence-corrected chi connectivity index (χ2v) is 8.94. The maximum absolute atomic E-state index is 13.1. The van der Waals surface area contributed by atoms with Crippen molar-refractivity contribution in [2.45, 2.75) is 51.0 Å². The van der Waals surface area contributed by atoms with Crippen LogP contribution >= 0.6 is 24.0 Å². The molecule has 3 nitrogen and oxygen atoms in total. The van der Waals surface area contributed by atoms with E-state index in [-0.39, 0.29) is 17.8 Å². The van der Waals surface area contributed by atoms with Crippen molar-refractivity contribution in [2.24, 2.45) is 0 Å². The molecule has 1 amide bonds. The van der Waals surface area contributed by atoms with Crippen LogP contribution in [0.5, 0.6) is 0 Å². The van der Waals surface area contributed by atoms with Gasteiger partial charge >= 0.3 is 0 Å². The van der Waals surface area contributed by atoms with Gasteiger partial charge in [-0.3, -0.25) is 9.69 Å². The van der Waals surface area contributed by atoms with Crippen LogP contribution in [0.25, 0.3) is 17.4 Å². The molecule has 2 aromatic rings. The third kappa shape index (κ3) is 4.23. The highest BCUT2D eigenvalue weighted by Gasteiger charge is 2.37. The number of nitrogens with zero attached hydrogens (tertiary/aromatic N) is 1. The summed E-state index contributed by atoms with van der Waals surface area (Å²) in [6.07, 6.45) is 9.87. The zero-order chi connectivity index (χ0) is 19.5. The highest BCUT2D eigenvalue weighted by Crippen LogP contribution is 2.37. The van der Waals surface area contributed by atoms with Crippen LogP contribution < -0.4 is 0 Å². The molecular formula is C22H22FNO2S2. The van der Waals surface area contributed by atoms with E-state index in [2.05, 4.69) is 0 Å². The number of hydrogen-bond donors (Lipinski definition) is 0. The predicted molar refractivity (Wildman–Crippen MR) is 115 cm³/mol. The van der Waals surface area contributed by atoms with E-state index >= 15 is 0 Å². The second kappa shape index (κ2) is 8.62. The third-order valence-corrected chi connectivity index (χ3v) is 6.62. The molecule has 0 N–H and O–H groups in total. The van der Waals surface area contributed by atoms with Gasteiger partial charge in [0.05, 0.1) is 4.91 Å². The van der Waals surface area contributed by atoms with Crippen molar-refractivity contribution in [3.63, 3.8) is 0 Å². The molecule has 1 aromatic heterocycles. The number of benzene rings is 1. The minimum atomic E-state index is -0.284. The van der Waals surface area contributed by atoms with Crippen LogP contribution in [0, 0.1) is 5.82 Å². The first-order chi connectivity index (χ1) is 13.6. The number of amides is 1. The Kier molecular flexibility index (Phi) is 5.97. The van der Waals surface area contributed by atoms with E-state index < -0.39 is 0 Å². The van der Waals surface area contributed by atoms with Gasteiger partial charge < -0.3 is 4.42 Å². The minimum Gasteiger partial charge on any atom is -0.457 e. The maximum Gasteiger partial charge on any atom is 0.266 e. The van der Waals surface area contributed by atoms with Crippen molar-refractivity contribution in [3.05, 3.63) is 52.9 Å². The average Bonchev–Trinajstić information content (AvgIpc) is 3.22. The number of hydrogen-bond acceptors (Lipinski definition) is 4. The lowest BCUT2D eigenvalue weighted by Crippen LogP contribution is -2.39. The Morgan fingerprint density at radius 3 is 2.43 bits per heavy atom. The molecule has 146 valence electrons. The smallest absolute Gasteiger partial charge is 0.266 e. The number of thioether (sulfide) groups is 1. The molecule has 0 spiro atoms. The number of carbonyl (C=O) groups is 1. The van der Waals surface area contributed by atoms with Gasteiger partial charge in [0, 0.05) is 17.7 Å². The van der Waals surface area contributed by atoms with Gasteiger partial charge in [0.25, 0.3) is 5.91 Å². The molecule has 2 aliphatic rings. The monoisotopic (exact) mass is 415 g/mol. The molecule has 0 atom stereocenters. The first-order valence-electron chi connectivity index (χ1n) is 9.75. The van der Waals surface area contributed by atoms with Gasteiger partial charge in [0.15, 0.2) is 0 Å². The summed E-state index contributed by atoms with van der Waals surface area (Å²) < 4.78 is 19.6. The first-order valence-corrected chi connectivity index (χ1v) is 11.0. The largest absolute Gasteiger partial charge is 0.457 e. The van der Waals surface area contributed by atoms with Crippen LogP contribution in [-0.2, 0) is 4.79 Å². The van der Waals surface area contributed by atoms with Crippen molar-refractivity contribution >= 4 is 40.3 Å². The quantitative estimate of drug-likeness (QED) is 0.429. The van der Waals surface area contributed by atoms with Crippen molar-refractivity contribution in [1.29, 1.82) is 0 Å². The summed E-state index contributed by atoms with van der Waals surface area (Å²) >= 11 is 6.87. The van der Waals surface area contributed by atoms with Crippen molar-refractivity contribution in [3.8, 4) is 11.3 Å². The molecule has 0 unspecified atom stereocenters. The Labute approximate surface area is 174 Å². The minimum absolute atomic E-state index is 0.0136. The van der Waals surface area contributed by atoms with Crippen LogP contribution in [0.2, 0.25) is 0 Å². The summed E-state index contributed by atoms with van der Waals surface area (Å²) in [5.74, 6) is 0.938. The van der Waals surface area contributed by atoms with Crippen LogP contribution in [0.1, 0.15) is 50.7 Å². The molecule has 1 aliphatic heterocycles. The molecule has 28 heavy (non-hydrogen) atoms. The van der Waals surface area contributed by atoms with Crippen molar-refractivity contribution in [1.82, 2.24) is 4.90 Å². The van der Waals surface area contributed by atoms with E-state index in [1.54, 1.807) is 18.2 Å². The number of halogens is 1. The van der Waals surface area contributed by atoms with Gasteiger partial charge in [0.1, 0.15) is 21.7 Å². The van der Waals surface area contributed by atoms with E-state index in [4.69, 9.17) is 16.6 Å². The summed E-state index contributed by atoms with van der Waals surface area (Å²) in [6, 6.07) is 10.0. The molecule has 6 heteroatoms. The number of thiocarbonyl (C=S) groups is 1. The third-order valence-electron chi connectivity index (χ3n) is 5.29. The Balaban J connectivity index is 1.51. The van der Waals surface area contributed by atoms with E-state index in [1.807, 2.05) is 17.0 Å². The Hall–Kier alpha value is -1.92. The zero-order valence-corrected chi connectivity index (χ0v) is 17.2. The lowest BCUT2D eigenvalue weighted by atomic mass is 9.96. The Morgan fingerprint density at radius 2 is 1.71 bits per heavy atom. The molecule has 1 aliphatic carbocycles. The van der Waals surface area contributed by atoms with Crippen LogP contribution in [0.4, 0.5) is 4.39 Å². The fourth-order valence-electron chi connectivity index (χ4n) is 3.82. The van der Waals surface area contributed by atoms with Crippen LogP contribution in [0.15, 0.2) is 45.7 Å².